The van der Waals surface area contributed by atoms with E-state index in [1.807, 2.05) is 0 Å². The minimum Gasteiger partial charge on any atom is -0.377 e. The first kappa shape index (κ1) is 13.0. The lowest BCUT2D eigenvalue weighted by Crippen LogP contribution is -2.30. The van der Waals surface area contributed by atoms with E-state index in [0.29, 0.717) is 6.10 Å². The molecule has 0 saturated carbocycles. The molecule has 0 aromatic carbocycles. The number of ether oxygens (including phenoxy) is 1. The van der Waals surface area contributed by atoms with Gasteiger partial charge in [-0.1, -0.05) is 6.92 Å². The Morgan fingerprint density at radius 1 is 1.54 bits per heavy atom. The molecule has 0 amide bonds. The van der Waals surface area contributed by atoms with Crippen LogP contribution < -0.4 is 4.84 Å². The van der Waals surface area contributed by atoms with Gasteiger partial charge >= 0.3 is 11.6 Å². The minimum absolute atomic E-state index is 0.341. The molecule has 78 valence electrons. The second-order valence-corrected chi connectivity index (χ2v) is 3.45. The fourth-order valence-corrected chi connectivity index (χ4v) is 1.36. The van der Waals surface area contributed by atoms with Crippen molar-refractivity contribution in [3.63, 3.8) is 0 Å². The maximum Gasteiger partial charge on any atom is 0.335 e. The Hall–Kier alpha value is 0.0300. The lowest BCUT2D eigenvalue weighted by Gasteiger charge is -2.26. The normalized spacial score (nSPS) is 27.2. The highest BCUT2D eigenvalue weighted by atomic mass is 35.5. The van der Waals surface area contributed by atoms with Gasteiger partial charge in [-0.2, -0.15) is 8.42 Å². The molecule has 1 rings (SSSR count). The van der Waals surface area contributed by atoms with Crippen LogP contribution >= 0.6 is 11.8 Å². The third-order valence-electron chi connectivity index (χ3n) is 1.90. The van der Waals surface area contributed by atoms with Crippen molar-refractivity contribution in [2.75, 3.05) is 13.2 Å². The van der Waals surface area contributed by atoms with E-state index in [9.17, 15) is 0 Å². The molecule has 0 radical (unpaired) electrons. The highest BCUT2D eigenvalue weighted by molar-refractivity contribution is 7.51. The smallest absolute Gasteiger partial charge is 0.335 e. The maximum absolute atomic E-state index is 8.29. The molecule has 0 aromatic heterocycles. The molecule has 13 heavy (non-hydrogen) atoms. The van der Waals surface area contributed by atoms with Crippen LogP contribution in [0.15, 0.2) is 0 Å². The van der Waals surface area contributed by atoms with Crippen LogP contribution in [0.3, 0.4) is 0 Å². The molecule has 1 saturated heterocycles. The topological polar surface area (TPSA) is 55.4 Å². The van der Waals surface area contributed by atoms with E-state index >= 15 is 0 Å². The van der Waals surface area contributed by atoms with Crippen molar-refractivity contribution in [2.24, 2.45) is 5.92 Å². The van der Waals surface area contributed by atoms with Gasteiger partial charge in [0.25, 0.3) is 0 Å². The number of hydrogen-bond donors (Lipinski definition) is 1. The third-order valence-corrected chi connectivity index (χ3v) is 2.06. The monoisotopic (exact) mass is 227 g/mol. The molecule has 0 aromatic rings. The Bertz CT molecular complexity index is 156. The predicted octanol–water partition coefficient (Wildman–Crippen LogP) is 0.875. The average Bonchev–Trinajstić information content (AvgIpc) is 2.11. The van der Waals surface area contributed by atoms with Crippen molar-refractivity contribution in [3.8, 4) is 0 Å². The number of halogens is 1. The van der Waals surface area contributed by atoms with Crippen molar-refractivity contribution in [1.82, 2.24) is 4.84 Å². The van der Waals surface area contributed by atoms with Crippen LogP contribution in [-0.4, -0.2) is 27.7 Å². The molecular weight excluding hydrogens is 214 g/mol. The van der Waals surface area contributed by atoms with Gasteiger partial charge in [-0.15, -0.1) is 0 Å². The first-order valence-electron chi connectivity index (χ1n) is 4.11. The fraction of sp³-hybridized carbons (Fsp3) is 1.00. The summed E-state index contributed by atoms with van der Waals surface area (Å²) in [5.41, 5.74) is 0. The van der Waals surface area contributed by atoms with Gasteiger partial charge in [-0.25, -0.2) is 4.84 Å². The van der Waals surface area contributed by atoms with Crippen molar-refractivity contribution >= 4 is 23.3 Å². The molecule has 0 bridgehead atoms. The van der Waals surface area contributed by atoms with Gasteiger partial charge in [0.1, 0.15) is 0 Å². The molecule has 1 aliphatic heterocycles. The molecule has 1 N–H and O–H groups in total. The van der Waals surface area contributed by atoms with Gasteiger partial charge in [0.15, 0.2) is 0 Å². The summed E-state index contributed by atoms with van der Waals surface area (Å²) in [5, 5.41) is 0. The van der Waals surface area contributed by atoms with Crippen molar-refractivity contribution in [1.29, 1.82) is 0 Å². The van der Waals surface area contributed by atoms with Crippen LogP contribution in [-0.2, 0) is 16.3 Å². The van der Waals surface area contributed by atoms with Crippen molar-refractivity contribution < 1.29 is 13.2 Å². The summed E-state index contributed by atoms with van der Waals surface area (Å²) in [6, 6.07) is 0. The van der Waals surface area contributed by atoms with E-state index in [2.05, 4.69) is 11.8 Å². The van der Waals surface area contributed by atoms with Crippen LogP contribution in [0.4, 0.5) is 0 Å². The Morgan fingerprint density at radius 3 is 2.54 bits per heavy atom. The molecule has 1 heterocycles. The standard InChI is InChI=1S/C7H14ClNO.O2S/c1-6-2-3-7(4-9-8)10-5-6;1-3-2/h6-7,9H,2-5H2,1H3;/t6-,7-;/m0./s1. The quantitative estimate of drug-likeness (QED) is 0.712. The zero-order chi connectivity index (χ0) is 10.1. The molecule has 0 unspecified atom stereocenters. The Labute approximate surface area is 86.7 Å². The third kappa shape index (κ3) is 7.13. The summed E-state index contributed by atoms with van der Waals surface area (Å²) in [7, 11) is 0. The van der Waals surface area contributed by atoms with Crippen LogP contribution in [0, 0.1) is 5.92 Å². The largest absolute Gasteiger partial charge is 0.377 e. The molecule has 4 nitrogen and oxygen atoms in total. The van der Waals surface area contributed by atoms with Gasteiger partial charge in [0.05, 0.1) is 6.10 Å². The van der Waals surface area contributed by atoms with Crippen molar-refractivity contribution in [2.45, 2.75) is 25.9 Å². The first-order chi connectivity index (χ1) is 6.24. The zero-order valence-corrected chi connectivity index (χ0v) is 9.07. The summed E-state index contributed by atoms with van der Waals surface area (Å²) in [6.45, 7) is 3.88. The maximum atomic E-state index is 8.29. The number of rotatable bonds is 2. The number of hydrogen-bond acceptors (Lipinski definition) is 4. The van der Waals surface area contributed by atoms with Gasteiger partial charge in [0, 0.05) is 13.2 Å². The second kappa shape index (κ2) is 8.62. The molecule has 1 fully saturated rings. The zero-order valence-electron chi connectivity index (χ0n) is 7.49. The lowest BCUT2D eigenvalue weighted by atomic mass is 10.0. The summed E-state index contributed by atoms with van der Waals surface area (Å²) < 4.78 is 22.1. The molecule has 0 spiro atoms. The van der Waals surface area contributed by atoms with E-state index < -0.39 is 11.6 Å². The average molecular weight is 228 g/mol. The predicted molar refractivity (Wildman–Crippen MR) is 50.9 cm³/mol. The Balaban J connectivity index is 0.000000424. The van der Waals surface area contributed by atoms with Crippen molar-refractivity contribution in [3.05, 3.63) is 0 Å². The highest BCUT2D eigenvalue weighted by Crippen LogP contribution is 2.17. The van der Waals surface area contributed by atoms with Crippen LogP contribution in [0.25, 0.3) is 0 Å². The van der Waals surface area contributed by atoms with E-state index in [-0.39, 0.29) is 0 Å². The molecule has 0 aliphatic carbocycles. The summed E-state index contributed by atoms with van der Waals surface area (Å²) in [5.74, 6) is 0.728. The van der Waals surface area contributed by atoms with Crippen LogP contribution in [0.2, 0.25) is 0 Å². The fourth-order valence-electron chi connectivity index (χ4n) is 1.18. The van der Waals surface area contributed by atoms with Gasteiger partial charge in [-0.05, 0) is 30.5 Å². The lowest BCUT2D eigenvalue weighted by molar-refractivity contribution is -0.00701. The van der Waals surface area contributed by atoms with Gasteiger partial charge < -0.3 is 4.74 Å². The van der Waals surface area contributed by atoms with Gasteiger partial charge in [0.2, 0.25) is 0 Å². The summed E-state index contributed by atoms with van der Waals surface area (Å²) in [4.78, 5) is 2.60. The molecule has 1 aliphatic rings. The van der Waals surface area contributed by atoms with Crippen LogP contribution in [0.1, 0.15) is 19.8 Å². The second-order valence-electron chi connectivity index (χ2n) is 3.04. The Morgan fingerprint density at radius 2 is 2.15 bits per heavy atom. The van der Waals surface area contributed by atoms with E-state index in [0.717, 1.165) is 25.5 Å². The van der Waals surface area contributed by atoms with E-state index in [4.69, 9.17) is 24.9 Å². The first-order valence-corrected chi connectivity index (χ1v) is 5.16. The van der Waals surface area contributed by atoms with E-state index in [1.165, 1.54) is 6.42 Å². The van der Waals surface area contributed by atoms with E-state index in [1.54, 1.807) is 0 Å². The summed E-state index contributed by atoms with van der Waals surface area (Å²) in [6.07, 6.45) is 2.75. The highest BCUT2D eigenvalue weighted by Gasteiger charge is 2.17. The molecule has 2 atom stereocenters. The molecular formula is C7H14ClNO3S. The van der Waals surface area contributed by atoms with Crippen LogP contribution in [0.5, 0.6) is 0 Å². The SMILES string of the molecule is C[C@H]1CC[C@@H](CNCl)OC1.O=S=O. The Kier molecular flexibility index (Phi) is 8.64. The number of nitrogens with one attached hydrogen (secondary N) is 1. The summed E-state index contributed by atoms with van der Waals surface area (Å²) >= 11 is 4.59. The minimum atomic E-state index is -0.750. The van der Waals surface area contributed by atoms with Gasteiger partial charge in [-0.3, -0.25) is 0 Å². The molecule has 6 heteroatoms.